The normalized spacial score (nSPS) is 12.8. The van der Waals surface area contributed by atoms with Crippen molar-refractivity contribution in [3.63, 3.8) is 0 Å². The molecular formula is C20H30F4N2O3. The average Bonchev–Trinajstić information content (AvgIpc) is 2.63. The van der Waals surface area contributed by atoms with Gasteiger partial charge >= 0.3 is 12.1 Å². The summed E-state index contributed by atoms with van der Waals surface area (Å²) in [5.74, 6) is -2.18. The lowest BCUT2D eigenvalue weighted by Crippen LogP contribution is -2.38. The van der Waals surface area contributed by atoms with Crippen LogP contribution >= 0.6 is 0 Å². The number of esters is 1. The van der Waals surface area contributed by atoms with Gasteiger partial charge < -0.3 is 14.8 Å². The van der Waals surface area contributed by atoms with E-state index in [0.29, 0.717) is 12.3 Å². The molecule has 5 nitrogen and oxygen atoms in total. The van der Waals surface area contributed by atoms with Gasteiger partial charge in [0.25, 0.3) is 5.88 Å². The molecule has 29 heavy (non-hydrogen) atoms. The number of unbranched alkanes of at least 4 members (excludes halogenated alkanes) is 4. The first-order valence-corrected chi connectivity index (χ1v) is 9.91. The maximum atomic E-state index is 13.9. The molecule has 0 aliphatic heterocycles. The summed E-state index contributed by atoms with van der Waals surface area (Å²) in [6, 6.07) is 0.442. The largest absolute Gasteiger partial charge is 0.472 e. The van der Waals surface area contributed by atoms with Crippen LogP contribution in [0.2, 0.25) is 0 Å². The van der Waals surface area contributed by atoms with Crippen molar-refractivity contribution >= 4 is 5.97 Å². The maximum absolute atomic E-state index is 13.9. The third-order valence-electron chi connectivity index (χ3n) is 4.08. The third-order valence-corrected chi connectivity index (χ3v) is 4.08. The number of carbonyl (C=O) groups is 1. The van der Waals surface area contributed by atoms with E-state index >= 15 is 0 Å². The highest BCUT2D eigenvalue weighted by Crippen LogP contribution is 2.30. The number of hydrogen-bond acceptors (Lipinski definition) is 5. The molecule has 1 heterocycles. The van der Waals surface area contributed by atoms with E-state index in [2.05, 4.69) is 17.2 Å². The Morgan fingerprint density at radius 2 is 1.90 bits per heavy atom. The third kappa shape index (κ3) is 10.4. The van der Waals surface area contributed by atoms with Gasteiger partial charge in [0.05, 0.1) is 5.56 Å². The topological polar surface area (TPSA) is 60.5 Å². The highest BCUT2D eigenvalue weighted by molar-refractivity contribution is 5.69. The molecule has 1 aromatic rings. The molecule has 1 atom stereocenters. The summed E-state index contributed by atoms with van der Waals surface area (Å²) in [6.07, 6.45) is 0.316. The standard InChI is InChI=1S/C20H30F4N2O3/c1-4-5-6-7-8-9-18(27)29-16(12-25-14(2)3)13-28-19-17(21)10-15(11-26-19)20(22,23)24/h10-11,14,16,25H,4-9,12-13H2,1-3H3. The molecule has 166 valence electrons. The van der Waals surface area contributed by atoms with E-state index in [1.54, 1.807) is 0 Å². The van der Waals surface area contributed by atoms with Crippen LogP contribution in [0.4, 0.5) is 17.6 Å². The number of carbonyl (C=O) groups excluding carboxylic acids is 1. The Morgan fingerprint density at radius 3 is 2.48 bits per heavy atom. The number of alkyl halides is 3. The van der Waals surface area contributed by atoms with Crippen LogP contribution < -0.4 is 10.1 Å². The van der Waals surface area contributed by atoms with Crippen molar-refractivity contribution in [1.29, 1.82) is 0 Å². The molecule has 0 bridgehead atoms. The lowest BCUT2D eigenvalue weighted by atomic mass is 10.1. The minimum Gasteiger partial charge on any atom is -0.472 e. The molecule has 1 aromatic heterocycles. The molecule has 0 saturated carbocycles. The summed E-state index contributed by atoms with van der Waals surface area (Å²) in [5.41, 5.74) is -1.20. The average molecular weight is 422 g/mol. The summed E-state index contributed by atoms with van der Waals surface area (Å²) >= 11 is 0. The van der Waals surface area contributed by atoms with Gasteiger partial charge in [-0.1, -0.05) is 46.5 Å². The number of rotatable bonds is 13. The fourth-order valence-electron chi connectivity index (χ4n) is 2.48. The van der Waals surface area contributed by atoms with Crippen LogP contribution in [0.15, 0.2) is 12.3 Å². The van der Waals surface area contributed by atoms with Gasteiger partial charge in [0.1, 0.15) is 12.7 Å². The van der Waals surface area contributed by atoms with E-state index in [9.17, 15) is 22.4 Å². The van der Waals surface area contributed by atoms with Gasteiger partial charge in [-0.05, 0) is 12.5 Å². The maximum Gasteiger partial charge on any atom is 0.417 e. The monoisotopic (exact) mass is 422 g/mol. The summed E-state index contributed by atoms with van der Waals surface area (Å²) in [4.78, 5) is 15.4. The van der Waals surface area contributed by atoms with Crippen LogP contribution in [0.5, 0.6) is 5.88 Å². The van der Waals surface area contributed by atoms with Crippen molar-refractivity contribution in [3.05, 3.63) is 23.6 Å². The molecule has 0 fully saturated rings. The Hall–Kier alpha value is -1.90. The van der Waals surface area contributed by atoms with E-state index in [1.807, 2.05) is 13.8 Å². The van der Waals surface area contributed by atoms with Crippen LogP contribution in [0.1, 0.15) is 64.9 Å². The van der Waals surface area contributed by atoms with Crippen molar-refractivity contribution in [2.24, 2.45) is 0 Å². The Balaban J connectivity index is 2.60. The molecule has 1 rings (SSSR count). The fraction of sp³-hybridized carbons (Fsp3) is 0.700. The minimum absolute atomic E-state index is 0.117. The van der Waals surface area contributed by atoms with Gasteiger partial charge in [0.2, 0.25) is 0 Å². The number of aromatic nitrogens is 1. The Kier molecular flexibility index (Phi) is 10.9. The molecule has 9 heteroatoms. The summed E-state index contributed by atoms with van der Waals surface area (Å²) in [7, 11) is 0. The fourth-order valence-corrected chi connectivity index (χ4v) is 2.48. The molecule has 0 amide bonds. The van der Waals surface area contributed by atoms with Crippen LogP contribution in [0.25, 0.3) is 0 Å². The predicted molar refractivity (Wildman–Crippen MR) is 101 cm³/mol. The first-order chi connectivity index (χ1) is 13.6. The van der Waals surface area contributed by atoms with Crippen molar-refractivity contribution in [2.75, 3.05) is 13.2 Å². The number of nitrogens with zero attached hydrogens (tertiary/aromatic N) is 1. The second-order valence-electron chi connectivity index (χ2n) is 7.16. The molecule has 0 aliphatic carbocycles. The van der Waals surface area contributed by atoms with Gasteiger partial charge in [-0.2, -0.15) is 13.2 Å². The van der Waals surface area contributed by atoms with Crippen LogP contribution in [-0.4, -0.2) is 36.3 Å². The Labute approximate surface area is 169 Å². The zero-order valence-corrected chi connectivity index (χ0v) is 17.2. The van der Waals surface area contributed by atoms with E-state index in [1.165, 1.54) is 0 Å². The SMILES string of the molecule is CCCCCCCC(=O)OC(CNC(C)C)COc1ncc(C(F)(F)F)cc1F. The summed E-state index contributed by atoms with van der Waals surface area (Å²) in [5, 5.41) is 3.09. The van der Waals surface area contributed by atoms with Crippen LogP contribution in [0, 0.1) is 5.82 Å². The molecule has 0 radical (unpaired) electrons. The van der Waals surface area contributed by atoms with Crippen molar-refractivity contribution < 1.29 is 31.8 Å². The van der Waals surface area contributed by atoms with Crippen molar-refractivity contribution in [3.8, 4) is 5.88 Å². The molecule has 0 saturated heterocycles. The van der Waals surface area contributed by atoms with Gasteiger partial charge in [-0.25, -0.2) is 9.37 Å². The van der Waals surface area contributed by atoms with Gasteiger partial charge in [-0.15, -0.1) is 0 Å². The van der Waals surface area contributed by atoms with E-state index in [0.717, 1.165) is 32.1 Å². The summed E-state index contributed by atoms with van der Waals surface area (Å²) in [6.45, 7) is 5.96. The highest BCUT2D eigenvalue weighted by Gasteiger charge is 2.32. The minimum atomic E-state index is -4.69. The zero-order chi connectivity index (χ0) is 21.9. The van der Waals surface area contributed by atoms with E-state index in [-0.39, 0.29) is 31.6 Å². The van der Waals surface area contributed by atoms with E-state index in [4.69, 9.17) is 9.47 Å². The molecule has 0 spiro atoms. The highest BCUT2D eigenvalue weighted by atomic mass is 19.4. The molecule has 1 N–H and O–H groups in total. The number of nitrogens with one attached hydrogen (secondary N) is 1. The van der Waals surface area contributed by atoms with Crippen molar-refractivity contribution in [2.45, 2.75) is 77.6 Å². The second-order valence-corrected chi connectivity index (χ2v) is 7.16. The molecule has 0 aliphatic rings. The van der Waals surface area contributed by atoms with E-state index < -0.39 is 29.5 Å². The summed E-state index contributed by atoms with van der Waals surface area (Å²) < 4.78 is 62.2. The Bertz CT molecular complexity index is 624. The Morgan fingerprint density at radius 1 is 1.21 bits per heavy atom. The molecular weight excluding hydrogens is 392 g/mol. The second kappa shape index (κ2) is 12.6. The first-order valence-electron chi connectivity index (χ1n) is 9.91. The number of hydrogen-bond donors (Lipinski definition) is 1. The first kappa shape index (κ1) is 25.1. The number of halogens is 4. The van der Waals surface area contributed by atoms with Gasteiger partial charge in [0, 0.05) is 25.2 Å². The zero-order valence-electron chi connectivity index (χ0n) is 17.2. The van der Waals surface area contributed by atoms with Crippen LogP contribution in [-0.2, 0) is 15.7 Å². The smallest absolute Gasteiger partial charge is 0.417 e. The number of pyridine rings is 1. The van der Waals surface area contributed by atoms with Gasteiger partial charge in [0.15, 0.2) is 5.82 Å². The quantitative estimate of drug-likeness (QED) is 0.279. The molecule has 0 aromatic carbocycles. The lowest BCUT2D eigenvalue weighted by molar-refractivity contribution is -0.150. The van der Waals surface area contributed by atoms with Crippen LogP contribution in [0.3, 0.4) is 0 Å². The molecule has 1 unspecified atom stereocenters. The number of ether oxygens (including phenoxy) is 2. The predicted octanol–water partition coefficient (Wildman–Crippen LogP) is 4.89. The lowest BCUT2D eigenvalue weighted by Gasteiger charge is -2.20. The van der Waals surface area contributed by atoms with Crippen molar-refractivity contribution in [1.82, 2.24) is 10.3 Å². The van der Waals surface area contributed by atoms with Gasteiger partial charge in [-0.3, -0.25) is 4.79 Å².